The molecule has 0 radical (unpaired) electrons. The monoisotopic (exact) mass is 406 g/mol. The largest absolute Gasteiger partial charge is 0.416 e. The lowest BCUT2D eigenvalue weighted by atomic mass is 9.78. The minimum Gasteiger partial charge on any atom is -0.416 e. The zero-order chi connectivity index (χ0) is 19.6. The van der Waals surface area contributed by atoms with Gasteiger partial charge in [0.15, 0.2) is 0 Å². The molecule has 2 heterocycles. The highest BCUT2D eigenvalue weighted by Crippen LogP contribution is 2.37. The van der Waals surface area contributed by atoms with E-state index in [0.29, 0.717) is 29.9 Å². The number of thioether (sulfide) groups is 1. The van der Waals surface area contributed by atoms with Crippen molar-refractivity contribution in [1.82, 2.24) is 20.4 Å². The first-order valence-corrected chi connectivity index (χ1v) is 11.2. The molecular formula is C19H26N4O4S. The summed E-state index contributed by atoms with van der Waals surface area (Å²) in [5, 5.41) is 11.0. The number of aromatic nitrogens is 2. The maximum absolute atomic E-state index is 12.9. The maximum atomic E-state index is 12.9. The Morgan fingerprint density at radius 1 is 1.11 bits per heavy atom. The summed E-state index contributed by atoms with van der Waals surface area (Å²) >= 11 is 1.18. The summed E-state index contributed by atoms with van der Waals surface area (Å²) in [6.45, 7) is -0.0672. The lowest BCUT2D eigenvalue weighted by Crippen LogP contribution is -2.69. The SMILES string of the molecule is O=C1CN(C(=O)CSc2nnc(C3CCCCC3)o2)C2(CCCCC2)C(=O)N1. The number of rotatable bonds is 4. The zero-order valence-corrected chi connectivity index (χ0v) is 16.8. The Hall–Kier alpha value is -1.90. The van der Waals surface area contributed by atoms with Crippen molar-refractivity contribution in [2.24, 2.45) is 0 Å². The van der Waals surface area contributed by atoms with Crippen molar-refractivity contribution in [1.29, 1.82) is 0 Å². The van der Waals surface area contributed by atoms with Gasteiger partial charge in [0.1, 0.15) is 12.1 Å². The van der Waals surface area contributed by atoms with Gasteiger partial charge in [0.25, 0.3) is 11.1 Å². The zero-order valence-electron chi connectivity index (χ0n) is 15.9. The highest BCUT2D eigenvalue weighted by molar-refractivity contribution is 7.99. The van der Waals surface area contributed by atoms with Gasteiger partial charge in [0, 0.05) is 5.92 Å². The molecule has 2 saturated carbocycles. The van der Waals surface area contributed by atoms with Crippen LogP contribution in [0, 0.1) is 0 Å². The van der Waals surface area contributed by atoms with E-state index in [1.165, 1.54) is 35.9 Å². The number of imide groups is 1. The van der Waals surface area contributed by atoms with Crippen LogP contribution in [-0.2, 0) is 14.4 Å². The quantitative estimate of drug-likeness (QED) is 0.604. The number of amides is 3. The molecule has 4 rings (SSSR count). The summed E-state index contributed by atoms with van der Waals surface area (Å²) in [7, 11) is 0. The van der Waals surface area contributed by atoms with Gasteiger partial charge in [-0.25, -0.2) is 0 Å². The molecule has 3 fully saturated rings. The standard InChI is InChI=1S/C19H26N4O4S/c24-14-11-23(19(17(26)20-14)9-5-2-6-10-19)15(25)12-28-18-22-21-16(27-18)13-7-3-1-4-8-13/h13H,1-12H2,(H,20,24,26). The number of nitrogens with zero attached hydrogens (tertiary/aromatic N) is 3. The third kappa shape index (κ3) is 3.81. The van der Waals surface area contributed by atoms with Crippen LogP contribution in [0.2, 0.25) is 0 Å². The third-order valence-corrected chi connectivity index (χ3v) is 6.97. The van der Waals surface area contributed by atoms with Gasteiger partial charge < -0.3 is 9.32 Å². The van der Waals surface area contributed by atoms with Crippen molar-refractivity contribution < 1.29 is 18.8 Å². The molecule has 1 spiro atoms. The second-order valence-electron chi connectivity index (χ2n) is 7.98. The van der Waals surface area contributed by atoms with Crippen molar-refractivity contribution in [2.75, 3.05) is 12.3 Å². The Morgan fingerprint density at radius 3 is 2.57 bits per heavy atom. The minimum atomic E-state index is -0.883. The molecule has 1 aromatic heterocycles. The lowest BCUT2D eigenvalue weighted by Gasteiger charge is -2.47. The molecule has 0 aromatic carbocycles. The third-order valence-electron chi connectivity index (χ3n) is 6.17. The first-order chi connectivity index (χ1) is 13.6. The number of piperazine rings is 1. The Morgan fingerprint density at radius 2 is 1.82 bits per heavy atom. The normalized spacial score (nSPS) is 23.1. The topological polar surface area (TPSA) is 105 Å². The maximum Gasteiger partial charge on any atom is 0.277 e. The van der Waals surface area contributed by atoms with E-state index >= 15 is 0 Å². The molecule has 9 heteroatoms. The van der Waals surface area contributed by atoms with Crippen LogP contribution in [0.5, 0.6) is 0 Å². The number of carbonyl (C=O) groups is 3. The fraction of sp³-hybridized carbons (Fsp3) is 0.737. The first kappa shape index (κ1) is 19.4. The Balaban J connectivity index is 1.41. The van der Waals surface area contributed by atoms with E-state index < -0.39 is 11.4 Å². The van der Waals surface area contributed by atoms with Gasteiger partial charge >= 0.3 is 0 Å². The molecule has 152 valence electrons. The Bertz CT molecular complexity index is 753. The second kappa shape index (κ2) is 8.23. The van der Waals surface area contributed by atoms with Gasteiger partial charge in [-0.2, -0.15) is 0 Å². The Kier molecular flexibility index (Phi) is 5.70. The van der Waals surface area contributed by atoms with Crippen LogP contribution in [-0.4, -0.2) is 50.7 Å². The number of nitrogens with one attached hydrogen (secondary N) is 1. The number of hydrogen-bond donors (Lipinski definition) is 1. The summed E-state index contributed by atoms with van der Waals surface area (Å²) < 4.78 is 5.76. The van der Waals surface area contributed by atoms with Crippen LogP contribution < -0.4 is 5.32 Å². The summed E-state index contributed by atoms with van der Waals surface area (Å²) in [4.78, 5) is 38.9. The van der Waals surface area contributed by atoms with Crippen molar-refractivity contribution in [3.8, 4) is 0 Å². The van der Waals surface area contributed by atoms with E-state index in [1.54, 1.807) is 0 Å². The molecule has 3 amide bonds. The fourth-order valence-electron chi connectivity index (χ4n) is 4.66. The summed E-state index contributed by atoms with van der Waals surface area (Å²) in [5.74, 6) is 0.0731. The minimum absolute atomic E-state index is 0.0672. The first-order valence-electron chi connectivity index (χ1n) is 10.2. The van der Waals surface area contributed by atoms with Gasteiger partial charge in [-0.05, 0) is 25.7 Å². The fourth-order valence-corrected chi connectivity index (χ4v) is 5.30. The van der Waals surface area contributed by atoms with E-state index in [1.807, 2.05) is 0 Å². The average Bonchev–Trinajstić information content (AvgIpc) is 3.20. The average molecular weight is 407 g/mol. The van der Waals surface area contributed by atoms with Crippen LogP contribution in [0.25, 0.3) is 0 Å². The van der Waals surface area contributed by atoms with Crippen molar-refractivity contribution >= 4 is 29.5 Å². The van der Waals surface area contributed by atoms with Crippen molar-refractivity contribution in [3.63, 3.8) is 0 Å². The lowest BCUT2D eigenvalue weighted by molar-refractivity contribution is -0.158. The predicted octanol–water partition coefficient (Wildman–Crippen LogP) is 2.40. The summed E-state index contributed by atoms with van der Waals surface area (Å²) in [5.41, 5.74) is -0.883. The van der Waals surface area contributed by atoms with Gasteiger partial charge in [-0.15, -0.1) is 10.2 Å². The molecule has 1 aliphatic heterocycles. The van der Waals surface area contributed by atoms with Crippen LogP contribution in [0.4, 0.5) is 0 Å². The highest BCUT2D eigenvalue weighted by Gasteiger charge is 2.50. The molecule has 1 N–H and O–H groups in total. The Labute approximate surface area is 168 Å². The van der Waals surface area contributed by atoms with E-state index in [-0.39, 0.29) is 24.1 Å². The summed E-state index contributed by atoms with van der Waals surface area (Å²) in [6, 6.07) is 0. The molecule has 1 aromatic rings. The molecule has 0 unspecified atom stereocenters. The number of carbonyl (C=O) groups excluding carboxylic acids is 3. The van der Waals surface area contributed by atoms with E-state index in [2.05, 4.69) is 15.5 Å². The van der Waals surface area contributed by atoms with Gasteiger partial charge in [0.05, 0.1) is 5.75 Å². The smallest absolute Gasteiger partial charge is 0.277 e. The highest BCUT2D eigenvalue weighted by atomic mass is 32.2. The van der Waals surface area contributed by atoms with E-state index in [0.717, 1.165) is 32.1 Å². The molecule has 0 atom stereocenters. The molecule has 8 nitrogen and oxygen atoms in total. The van der Waals surface area contributed by atoms with Crippen LogP contribution in [0.1, 0.15) is 76.0 Å². The van der Waals surface area contributed by atoms with Gasteiger partial charge in [0.2, 0.25) is 17.7 Å². The van der Waals surface area contributed by atoms with Crippen molar-refractivity contribution in [3.05, 3.63) is 5.89 Å². The van der Waals surface area contributed by atoms with E-state index in [9.17, 15) is 14.4 Å². The van der Waals surface area contributed by atoms with Crippen LogP contribution in [0.15, 0.2) is 9.64 Å². The molecule has 1 saturated heterocycles. The van der Waals surface area contributed by atoms with Crippen LogP contribution >= 0.6 is 11.8 Å². The van der Waals surface area contributed by atoms with Gasteiger partial charge in [-0.3, -0.25) is 19.7 Å². The molecule has 3 aliphatic rings. The predicted molar refractivity (Wildman–Crippen MR) is 102 cm³/mol. The van der Waals surface area contributed by atoms with Crippen LogP contribution in [0.3, 0.4) is 0 Å². The second-order valence-corrected chi connectivity index (χ2v) is 8.91. The molecule has 0 bridgehead atoms. The molecular weight excluding hydrogens is 380 g/mol. The van der Waals surface area contributed by atoms with Gasteiger partial charge in [-0.1, -0.05) is 50.3 Å². The van der Waals surface area contributed by atoms with Crippen molar-refractivity contribution in [2.45, 2.75) is 80.9 Å². The summed E-state index contributed by atoms with van der Waals surface area (Å²) in [6.07, 6.45) is 9.78. The number of hydrogen-bond acceptors (Lipinski definition) is 7. The molecule has 2 aliphatic carbocycles. The molecule has 28 heavy (non-hydrogen) atoms. The van der Waals surface area contributed by atoms with E-state index in [4.69, 9.17) is 4.42 Å².